The van der Waals surface area contributed by atoms with Crippen LogP contribution in [-0.4, -0.2) is 88.9 Å². The molecule has 0 saturated carbocycles. The Labute approximate surface area is 525 Å². The Hall–Kier alpha value is -7.02. The first-order valence-electron chi connectivity index (χ1n) is 32.2. The van der Waals surface area contributed by atoms with Crippen LogP contribution in [0.15, 0.2) is 121 Å². The Morgan fingerprint density at radius 3 is 0.795 bits per heavy atom. The molecule has 4 N–H and O–H groups in total. The van der Waals surface area contributed by atoms with Crippen LogP contribution in [0.1, 0.15) is 167 Å². The number of phenols is 1. The minimum atomic E-state index is -0.231. The van der Waals surface area contributed by atoms with Crippen molar-refractivity contribution >= 4 is 0 Å². The highest BCUT2D eigenvalue weighted by atomic mass is 16.5. The van der Waals surface area contributed by atoms with E-state index >= 15 is 0 Å². The highest BCUT2D eigenvalue weighted by molar-refractivity contribution is 5.60. The van der Waals surface area contributed by atoms with Gasteiger partial charge in [0.1, 0.15) is 79.9 Å². The molecule has 11 heteroatoms. The fourth-order valence-corrected chi connectivity index (χ4v) is 12.0. The minimum Gasteiger partial charge on any atom is -0.507 e. The molecule has 0 atom stereocenters. The van der Waals surface area contributed by atoms with Crippen LogP contribution in [0.25, 0.3) is 0 Å². The van der Waals surface area contributed by atoms with Crippen molar-refractivity contribution in [2.75, 3.05) is 78.9 Å². The zero-order valence-corrected chi connectivity index (χ0v) is 54.8. The summed E-state index contributed by atoms with van der Waals surface area (Å²) in [5.74, 6) is 5.09. The highest BCUT2D eigenvalue weighted by Gasteiger charge is 2.30. The van der Waals surface area contributed by atoms with Gasteiger partial charge >= 0.3 is 0 Å². The Bertz CT molecular complexity index is 3290. The first-order valence-corrected chi connectivity index (χ1v) is 32.2. The summed E-state index contributed by atoms with van der Waals surface area (Å²) in [5, 5.41) is 24.1. The molecule has 11 nitrogen and oxygen atoms in total. The van der Waals surface area contributed by atoms with Crippen LogP contribution in [0, 0.1) is 0 Å². The molecule has 88 heavy (non-hydrogen) atoms. The Morgan fingerprint density at radius 2 is 0.545 bits per heavy atom. The van der Waals surface area contributed by atoms with Crippen molar-refractivity contribution in [1.29, 1.82) is 0 Å². The molecule has 7 aliphatic heterocycles. The standard InChI is InChI=1S/C77H98N4O7/c1-74(2,3)63-41-55-37-57-43-64(75(4,5)6)45-59-39-61-47-66(77(10,11)12)48-62-40-60-46-65(76(7,8)9)44-58(38-56(42-63)70(55)82)72(60)87-35-32-84-68-21-15-53(16-22-68)50-79-26-29-81(28-25-78-49-52-13-19-67(20-14-52)83-31-34-86-71(57)59)30-27-80-51-54-17-23-69(24-18-54)85-33-36-88-73(61)62/h13-24,41-48,78-80,82H,25-40,49-51H2,1-12H3. The van der Waals surface area contributed by atoms with E-state index in [1.165, 1.54) is 33.4 Å². The smallest absolute Gasteiger partial charge is 0.126 e. The van der Waals surface area contributed by atoms with Gasteiger partial charge in [-0.05, 0) is 142 Å². The molecule has 0 amide bonds. The molecule has 18 bridgehead atoms. The van der Waals surface area contributed by atoms with Crippen molar-refractivity contribution in [1.82, 2.24) is 20.9 Å². The van der Waals surface area contributed by atoms with Gasteiger partial charge in [0.2, 0.25) is 0 Å². The topological polar surface area (TPSA) is 115 Å². The van der Waals surface area contributed by atoms with E-state index in [0.29, 0.717) is 65.3 Å². The maximum Gasteiger partial charge on any atom is 0.126 e. The fourth-order valence-electron chi connectivity index (χ4n) is 12.0. The van der Waals surface area contributed by atoms with Gasteiger partial charge in [-0.25, -0.2) is 0 Å². The van der Waals surface area contributed by atoms with Crippen LogP contribution < -0.4 is 44.4 Å². The van der Waals surface area contributed by atoms with E-state index in [-0.39, 0.29) is 27.4 Å². The molecule has 0 fully saturated rings. The summed E-state index contributed by atoms with van der Waals surface area (Å²) < 4.78 is 41.2. The van der Waals surface area contributed by atoms with Gasteiger partial charge in [-0.2, -0.15) is 0 Å². The Balaban J connectivity index is 1.18. The van der Waals surface area contributed by atoms with Gasteiger partial charge in [-0.15, -0.1) is 0 Å². The SMILES string of the molecule is CC(C)(C)c1cc2c(O)c(c1)Cc1cc(C(C)(C)C)cc3c1OCCOc1ccc(cc1)CNCCN1CCNCc4ccc(cc4)OCCOc4c(cc(C(C)(C)C)cc4Cc4cc(C(C)(C)C)cc(c4OCCOc4ccc(cc4)CNCC1)C3)C2. The van der Waals surface area contributed by atoms with Crippen LogP contribution in [0.2, 0.25) is 0 Å². The predicted molar refractivity (Wildman–Crippen MR) is 357 cm³/mol. The quantitative estimate of drug-likeness (QED) is 0.116. The predicted octanol–water partition coefficient (Wildman–Crippen LogP) is 14.2. The average Bonchev–Trinajstić information content (AvgIpc) is 1.18. The summed E-state index contributed by atoms with van der Waals surface area (Å²) in [5.41, 5.74) is 15.3. The highest BCUT2D eigenvalue weighted by Crippen LogP contribution is 2.44. The van der Waals surface area contributed by atoms with Gasteiger partial charge in [-0.1, -0.05) is 168 Å². The van der Waals surface area contributed by atoms with Crippen molar-refractivity contribution in [3.05, 3.63) is 205 Å². The molecule has 15 rings (SSSR count). The summed E-state index contributed by atoms with van der Waals surface area (Å²) in [7, 11) is 0. The second-order valence-electron chi connectivity index (χ2n) is 28.6. The first-order chi connectivity index (χ1) is 42.0. The fraction of sp³-hybridized carbons (Fsp3) is 0.455. The van der Waals surface area contributed by atoms with Crippen molar-refractivity contribution in [3.63, 3.8) is 0 Å². The molecule has 7 aromatic rings. The molecule has 0 aromatic heterocycles. The molecule has 8 aliphatic rings. The largest absolute Gasteiger partial charge is 0.507 e. The van der Waals surface area contributed by atoms with Gasteiger partial charge < -0.3 is 49.5 Å². The van der Waals surface area contributed by atoms with E-state index in [0.717, 1.165) is 143 Å². The van der Waals surface area contributed by atoms with Gasteiger partial charge in [0, 0.05) is 84.6 Å². The molecular weight excluding hydrogens is 1090 g/mol. The summed E-state index contributed by atoms with van der Waals surface area (Å²) in [6.07, 6.45) is 1.88. The normalized spacial score (nSPS) is 16.6. The number of hydrogen-bond acceptors (Lipinski definition) is 11. The van der Waals surface area contributed by atoms with Crippen molar-refractivity contribution < 1.29 is 33.5 Å². The minimum absolute atomic E-state index is 0.224. The number of phenolic OH excluding ortho intramolecular Hbond substituents is 1. The van der Waals surface area contributed by atoms with E-state index in [4.69, 9.17) is 28.4 Å². The lowest BCUT2D eigenvalue weighted by Gasteiger charge is -2.29. The van der Waals surface area contributed by atoms with Gasteiger partial charge in [0.25, 0.3) is 0 Å². The van der Waals surface area contributed by atoms with Crippen LogP contribution in [-0.2, 0) is 67.0 Å². The van der Waals surface area contributed by atoms with Gasteiger partial charge in [-0.3, -0.25) is 4.90 Å². The first kappa shape index (κ1) is 64.0. The van der Waals surface area contributed by atoms with Crippen LogP contribution in [0.3, 0.4) is 0 Å². The monoisotopic (exact) mass is 1190 g/mol. The van der Waals surface area contributed by atoms with Crippen LogP contribution in [0.5, 0.6) is 40.2 Å². The third-order valence-corrected chi connectivity index (χ3v) is 17.4. The number of ether oxygens (including phenoxy) is 6. The molecule has 0 spiro atoms. The number of rotatable bonds is 0. The molecule has 7 heterocycles. The molecule has 0 radical (unpaired) electrons. The second kappa shape index (κ2) is 27.8. The maximum atomic E-state index is 13.0. The van der Waals surface area contributed by atoms with Crippen LogP contribution in [0.4, 0.5) is 0 Å². The number of aromatic hydroxyl groups is 1. The second-order valence-corrected chi connectivity index (χ2v) is 28.6. The Kier molecular flexibility index (Phi) is 20.2. The van der Waals surface area contributed by atoms with E-state index in [2.05, 4.69) is 225 Å². The Morgan fingerprint density at radius 1 is 0.318 bits per heavy atom. The van der Waals surface area contributed by atoms with E-state index in [1.54, 1.807) is 0 Å². The molecular formula is C77H98N4O7. The van der Waals surface area contributed by atoms with Crippen LogP contribution >= 0.6 is 0 Å². The van der Waals surface area contributed by atoms with E-state index in [9.17, 15) is 5.11 Å². The lowest BCUT2D eigenvalue weighted by Crippen LogP contribution is -2.40. The molecule has 1 aliphatic carbocycles. The summed E-state index contributed by atoms with van der Waals surface area (Å²) in [6.45, 7) is 36.8. The third-order valence-electron chi connectivity index (χ3n) is 17.4. The van der Waals surface area contributed by atoms with E-state index in [1.807, 2.05) is 0 Å². The molecule has 7 aromatic carbocycles. The van der Waals surface area contributed by atoms with Crippen molar-refractivity contribution in [2.24, 2.45) is 0 Å². The lowest BCUT2D eigenvalue weighted by atomic mass is 9.79. The zero-order chi connectivity index (χ0) is 62.2. The number of hydrogen-bond donors (Lipinski definition) is 4. The number of nitrogens with zero attached hydrogens (tertiary/aromatic N) is 1. The van der Waals surface area contributed by atoms with Crippen molar-refractivity contribution in [3.8, 4) is 40.2 Å². The number of benzene rings is 7. The molecule has 0 unspecified atom stereocenters. The summed E-state index contributed by atoms with van der Waals surface area (Å²) in [6, 6.07) is 43.8. The summed E-state index contributed by atoms with van der Waals surface area (Å²) >= 11 is 0. The zero-order valence-electron chi connectivity index (χ0n) is 54.8. The maximum absolute atomic E-state index is 13.0. The lowest BCUT2D eigenvalue weighted by molar-refractivity contribution is 0.212. The van der Waals surface area contributed by atoms with Crippen molar-refractivity contribution in [2.45, 2.75) is 150 Å². The number of fused-ring (bicyclic) bond motifs is 3. The van der Waals surface area contributed by atoms with E-state index < -0.39 is 0 Å². The molecule has 0 saturated heterocycles. The molecule has 468 valence electrons. The van der Waals surface area contributed by atoms with Gasteiger partial charge in [0.05, 0.1) is 0 Å². The summed E-state index contributed by atoms with van der Waals surface area (Å²) in [4.78, 5) is 2.53. The average molecular weight is 1190 g/mol. The van der Waals surface area contributed by atoms with Gasteiger partial charge in [0.15, 0.2) is 0 Å². The number of nitrogens with one attached hydrogen (secondary N) is 3. The third kappa shape index (κ3) is 16.8.